The van der Waals surface area contributed by atoms with Crippen LogP contribution in [0.5, 0.6) is 0 Å². The number of aliphatic carboxylic acids is 1. The molecule has 0 fully saturated rings. The van der Waals surface area contributed by atoms with Crippen LogP contribution < -0.4 is 5.32 Å². The molecule has 0 saturated carbocycles. The third-order valence-electron chi connectivity index (χ3n) is 2.34. The minimum atomic E-state index is -1.28. The molecule has 0 radical (unpaired) electrons. The molecule has 1 unspecified atom stereocenters. The third kappa shape index (κ3) is 3.42. The van der Waals surface area contributed by atoms with E-state index in [4.69, 9.17) is 11.5 Å². The highest BCUT2D eigenvalue weighted by molar-refractivity contribution is 5.79. The minimum Gasteiger partial charge on any atom is -0.480 e. The average Bonchev–Trinajstić information content (AvgIpc) is 2.37. The summed E-state index contributed by atoms with van der Waals surface area (Å²) in [5.74, 6) is 0.844. The van der Waals surface area contributed by atoms with E-state index in [9.17, 15) is 25.0 Å². The van der Waals surface area contributed by atoms with Gasteiger partial charge in [-0.2, -0.15) is 0 Å². The highest BCUT2D eigenvalue weighted by Gasteiger charge is 2.23. The summed E-state index contributed by atoms with van der Waals surface area (Å²) >= 11 is 0. The fourth-order valence-electron chi connectivity index (χ4n) is 1.41. The van der Waals surface area contributed by atoms with E-state index in [2.05, 4.69) is 11.2 Å². The first-order valence-corrected chi connectivity index (χ1v) is 5.22. The molecule has 0 aliphatic carbocycles. The third-order valence-corrected chi connectivity index (χ3v) is 2.34. The van der Waals surface area contributed by atoms with Gasteiger partial charge in [-0.05, 0) is 6.07 Å². The van der Waals surface area contributed by atoms with Crippen molar-refractivity contribution in [1.29, 1.82) is 0 Å². The summed E-state index contributed by atoms with van der Waals surface area (Å²) < 4.78 is 0. The first-order valence-electron chi connectivity index (χ1n) is 5.22. The summed E-state index contributed by atoms with van der Waals surface area (Å²) in [4.78, 5) is 30.7. The van der Waals surface area contributed by atoms with Gasteiger partial charge in [0.25, 0.3) is 11.4 Å². The summed E-state index contributed by atoms with van der Waals surface area (Å²) in [6.45, 7) is 0. The van der Waals surface area contributed by atoms with E-state index in [1.165, 1.54) is 0 Å². The number of rotatable bonds is 6. The van der Waals surface area contributed by atoms with Gasteiger partial charge in [-0.15, -0.1) is 12.3 Å². The number of carboxylic acids is 1. The molecule has 1 aromatic carbocycles. The molecule has 0 saturated heterocycles. The molecule has 20 heavy (non-hydrogen) atoms. The first kappa shape index (κ1) is 14.9. The normalized spacial score (nSPS) is 11.2. The van der Waals surface area contributed by atoms with E-state index in [-0.39, 0.29) is 12.1 Å². The standard InChI is InChI=1S/C11H9N3O6/c1-2-3-9(11(15)16)12-8-5-4-7(13(17)18)6-10(8)14(19)20/h1,4-6,9,12H,3H2,(H,15,16). The molecule has 1 aromatic rings. The lowest BCUT2D eigenvalue weighted by Gasteiger charge is -2.13. The van der Waals surface area contributed by atoms with Crippen LogP contribution in [0.2, 0.25) is 0 Å². The Balaban J connectivity index is 3.17. The number of hydrogen-bond acceptors (Lipinski definition) is 6. The van der Waals surface area contributed by atoms with Gasteiger partial charge in [0.2, 0.25) is 0 Å². The molecule has 1 atom stereocenters. The number of carbonyl (C=O) groups is 1. The van der Waals surface area contributed by atoms with E-state index in [0.717, 1.165) is 18.2 Å². The fourth-order valence-corrected chi connectivity index (χ4v) is 1.41. The molecule has 0 spiro atoms. The SMILES string of the molecule is C#CCC(Nc1ccc([N+](=O)[O-])cc1[N+](=O)[O-])C(=O)O. The van der Waals surface area contributed by atoms with Crippen LogP contribution in [-0.2, 0) is 4.79 Å². The molecular weight excluding hydrogens is 270 g/mol. The van der Waals surface area contributed by atoms with E-state index < -0.39 is 33.2 Å². The zero-order valence-corrected chi connectivity index (χ0v) is 9.98. The van der Waals surface area contributed by atoms with E-state index in [0.29, 0.717) is 0 Å². The highest BCUT2D eigenvalue weighted by atomic mass is 16.6. The van der Waals surface area contributed by atoms with Crippen molar-refractivity contribution in [2.45, 2.75) is 12.5 Å². The second kappa shape index (κ2) is 6.14. The van der Waals surface area contributed by atoms with Crippen molar-refractivity contribution in [2.24, 2.45) is 0 Å². The van der Waals surface area contributed by atoms with Crippen molar-refractivity contribution < 1.29 is 19.7 Å². The Kier molecular flexibility index (Phi) is 4.58. The second-order valence-corrected chi connectivity index (χ2v) is 3.66. The molecule has 0 aliphatic rings. The quantitative estimate of drug-likeness (QED) is 0.456. The van der Waals surface area contributed by atoms with Gasteiger partial charge in [-0.1, -0.05) is 0 Å². The van der Waals surface area contributed by atoms with Gasteiger partial charge in [0.15, 0.2) is 0 Å². The number of nitro benzene ring substituents is 2. The molecule has 0 amide bonds. The second-order valence-electron chi connectivity index (χ2n) is 3.66. The van der Waals surface area contributed by atoms with Crippen LogP contribution in [0.15, 0.2) is 18.2 Å². The summed E-state index contributed by atoms with van der Waals surface area (Å²) in [5, 5.41) is 32.7. The van der Waals surface area contributed by atoms with Crippen LogP contribution in [0.3, 0.4) is 0 Å². The van der Waals surface area contributed by atoms with Crippen molar-refractivity contribution >= 4 is 23.0 Å². The number of anilines is 1. The lowest BCUT2D eigenvalue weighted by molar-refractivity contribution is -0.393. The number of non-ortho nitro benzene ring substituents is 1. The zero-order valence-electron chi connectivity index (χ0n) is 9.98. The monoisotopic (exact) mass is 279 g/mol. The number of carboxylic acid groups (broad SMARTS) is 1. The summed E-state index contributed by atoms with van der Waals surface area (Å²) in [5.41, 5.74) is -1.21. The minimum absolute atomic E-state index is 0.150. The van der Waals surface area contributed by atoms with Crippen molar-refractivity contribution in [3.05, 3.63) is 38.4 Å². The molecule has 9 heteroatoms. The Hall–Kier alpha value is -3.15. The van der Waals surface area contributed by atoms with Crippen LogP contribution in [0.25, 0.3) is 0 Å². The summed E-state index contributed by atoms with van der Waals surface area (Å²) in [6, 6.07) is 1.63. The molecular formula is C11H9N3O6. The van der Waals surface area contributed by atoms with Gasteiger partial charge >= 0.3 is 5.97 Å². The predicted octanol–water partition coefficient (Wildman–Crippen LogP) is 1.39. The topological polar surface area (TPSA) is 136 Å². The largest absolute Gasteiger partial charge is 0.480 e. The molecule has 0 aromatic heterocycles. The number of nitro groups is 2. The molecule has 0 aliphatic heterocycles. The van der Waals surface area contributed by atoms with Crippen molar-refractivity contribution in [2.75, 3.05) is 5.32 Å². The van der Waals surface area contributed by atoms with Gasteiger partial charge in [-0.25, -0.2) is 4.79 Å². The molecule has 0 heterocycles. The maximum absolute atomic E-state index is 10.9. The lowest BCUT2D eigenvalue weighted by Crippen LogP contribution is -2.29. The van der Waals surface area contributed by atoms with Crippen LogP contribution in [0, 0.1) is 32.6 Å². The highest BCUT2D eigenvalue weighted by Crippen LogP contribution is 2.29. The van der Waals surface area contributed by atoms with Gasteiger partial charge < -0.3 is 10.4 Å². The van der Waals surface area contributed by atoms with Gasteiger partial charge in [0.05, 0.1) is 15.9 Å². The molecule has 1 rings (SSSR count). The zero-order chi connectivity index (χ0) is 15.3. The van der Waals surface area contributed by atoms with Gasteiger partial charge in [0.1, 0.15) is 11.7 Å². The Morgan fingerprint density at radius 2 is 2.05 bits per heavy atom. The van der Waals surface area contributed by atoms with Gasteiger partial charge in [-0.3, -0.25) is 20.2 Å². The Labute approximate surface area is 112 Å². The summed E-state index contributed by atoms with van der Waals surface area (Å²) in [6.07, 6.45) is 4.82. The number of nitrogens with zero attached hydrogens (tertiary/aromatic N) is 2. The number of nitrogens with one attached hydrogen (secondary N) is 1. The van der Waals surface area contributed by atoms with Crippen molar-refractivity contribution in [3.63, 3.8) is 0 Å². The van der Waals surface area contributed by atoms with Crippen LogP contribution in [-0.4, -0.2) is 27.0 Å². The predicted molar refractivity (Wildman–Crippen MR) is 68.2 cm³/mol. The first-order chi connectivity index (χ1) is 9.36. The maximum Gasteiger partial charge on any atom is 0.327 e. The Morgan fingerprint density at radius 1 is 1.40 bits per heavy atom. The van der Waals surface area contributed by atoms with Gasteiger partial charge in [0, 0.05) is 12.5 Å². The number of hydrogen-bond donors (Lipinski definition) is 2. The maximum atomic E-state index is 10.9. The van der Waals surface area contributed by atoms with Crippen LogP contribution >= 0.6 is 0 Å². The number of terminal acetylenes is 1. The van der Waals surface area contributed by atoms with Crippen molar-refractivity contribution in [1.82, 2.24) is 0 Å². The number of benzene rings is 1. The molecule has 9 nitrogen and oxygen atoms in total. The fraction of sp³-hybridized carbons (Fsp3) is 0.182. The Morgan fingerprint density at radius 3 is 2.50 bits per heavy atom. The summed E-state index contributed by atoms with van der Waals surface area (Å²) in [7, 11) is 0. The molecule has 2 N–H and O–H groups in total. The van der Waals surface area contributed by atoms with Crippen molar-refractivity contribution in [3.8, 4) is 12.3 Å². The van der Waals surface area contributed by atoms with Crippen LogP contribution in [0.4, 0.5) is 17.1 Å². The smallest absolute Gasteiger partial charge is 0.327 e. The Bertz CT molecular complexity index is 607. The molecule has 0 bridgehead atoms. The van der Waals surface area contributed by atoms with Crippen LogP contribution in [0.1, 0.15) is 6.42 Å². The van der Waals surface area contributed by atoms with E-state index in [1.54, 1.807) is 0 Å². The molecule has 104 valence electrons. The van der Waals surface area contributed by atoms with E-state index in [1.807, 2.05) is 0 Å². The average molecular weight is 279 g/mol. The lowest BCUT2D eigenvalue weighted by atomic mass is 10.1. The van der Waals surface area contributed by atoms with E-state index >= 15 is 0 Å².